The number of fused-ring (bicyclic) bond motifs is 1. The summed E-state index contributed by atoms with van der Waals surface area (Å²) >= 11 is 0. The molecule has 0 atom stereocenters. The van der Waals surface area contributed by atoms with E-state index in [0.29, 0.717) is 23.7 Å². The Hall–Kier alpha value is -2.21. The molecule has 0 saturated carbocycles. The van der Waals surface area contributed by atoms with Crippen molar-refractivity contribution >= 4 is 22.4 Å². The number of amides is 1. The zero-order valence-electron chi connectivity index (χ0n) is 10.2. The van der Waals surface area contributed by atoms with Crippen LogP contribution in [0.5, 0.6) is 0 Å². The molecular weight excluding hydrogens is 249 g/mol. The molecule has 0 saturated heterocycles. The van der Waals surface area contributed by atoms with Crippen molar-refractivity contribution < 1.29 is 14.3 Å². The number of pyridine rings is 1. The number of nitrogens with zero attached hydrogens (tertiary/aromatic N) is 1. The number of rotatable bonds is 4. The van der Waals surface area contributed by atoms with Crippen molar-refractivity contribution in [3.63, 3.8) is 0 Å². The molecule has 0 fully saturated rings. The van der Waals surface area contributed by atoms with Crippen molar-refractivity contribution in [2.24, 2.45) is 0 Å². The van der Waals surface area contributed by atoms with Crippen LogP contribution in [0.25, 0.3) is 10.8 Å². The van der Waals surface area contributed by atoms with Crippen molar-refractivity contribution in [3.8, 4) is 0 Å². The summed E-state index contributed by atoms with van der Waals surface area (Å²) < 4.78 is 13.4. The predicted molar refractivity (Wildman–Crippen MR) is 70.1 cm³/mol. The van der Waals surface area contributed by atoms with Gasteiger partial charge in [-0.15, -0.1) is 0 Å². The molecule has 1 heterocycles. The van der Waals surface area contributed by atoms with Gasteiger partial charge in [-0.1, -0.05) is 0 Å². The van der Waals surface area contributed by atoms with Gasteiger partial charge < -0.3 is 16.2 Å². The molecule has 6 heteroatoms. The second-order valence-corrected chi connectivity index (χ2v) is 4.08. The van der Waals surface area contributed by atoms with Gasteiger partial charge in [-0.2, -0.15) is 0 Å². The Balaban J connectivity index is 2.40. The molecule has 1 aromatic heterocycles. The number of benzene rings is 1. The average Bonchev–Trinajstić information content (AvgIpc) is 2.38. The van der Waals surface area contributed by atoms with Crippen LogP contribution in [0.2, 0.25) is 0 Å². The molecule has 5 nitrogen and oxygen atoms in total. The molecule has 0 bridgehead atoms. The number of nitrogens with one attached hydrogen (secondary N) is 1. The zero-order chi connectivity index (χ0) is 13.8. The summed E-state index contributed by atoms with van der Waals surface area (Å²) in [5.74, 6) is -0.925. The number of carbonyl (C=O) groups is 1. The third-order valence-electron chi connectivity index (χ3n) is 2.71. The first-order valence-electron chi connectivity index (χ1n) is 5.86. The fourth-order valence-electron chi connectivity index (χ4n) is 1.82. The number of halogens is 1. The van der Waals surface area contributed by atoms with Crippen molar-refractivity contribution in [3.05, 3.63) is 35.9 Å². The van der Waals surface area contributed by atoms with Crippen LogP contribution < -0.4 is 11.1 Å². The van der Waals surface area contributed by atoms with E-state index in [-0.39, 0.29) is 18.0 Å². The number of hydrogen-bond donors (Lipinski definition) is 3. The molecule has 0 aliphatic carbocycles. The van der Waals surface area contributed by atoms with Crippen molar-refractivity contribution in [2.45, 2.75) is 6.42 Å². The Kier molecular flexibility index (Phi) is 3.91. The number of anilines is 1. The highest BCUT2D eigenvalue weighted by molar-refractivity contribution is 6.07. The molecule has 2 aromatic rings. The molecule has 2 rings (SSSR count). The third kappa shape index (κ3) is 2.79. The number of aromatic nitrogens is 1. The first kappa shape index (κ1) is 13.2. The van der Waals surface area contributed by atoms with Crippen LogP contribution in [-0.2, 0) is 0 Å². The van der Waals surface area contributed by atoms with Crippen LogP contribution in [0, 0.1) is 5.82 Å². The van der Waals surface area contributed by atoms with Crippen LogP contribution >= 0.6 is 0 Å². The van der Waals surface area contributed by atoms with Gasteiger partial charge in [0.2, 0.25) is 0 Å². The lowest BCUT2D eigenvalue weighted by atomic mass is 10.1. The third-order valence-corrected chi connectivity index (χ3v) is 2.71. The van der Waals surface area contributed by atoms with Gasteiger partial charge in [0.15, 0.2) is 0 Å². The minimum absolute atomic E-state index is 0.00910. The maximum absolute atomic E-state index is 13.4. The van der Waals surface area contributed by atoms with E-state index in [0.717, 1.165) is 0 Å². The Morgan fingerprint density at radius 3 is 2.95 bits per heavy atom. The predicted octanol–water partition coefficient (Wildman–Crippen LogP) is 1.07. The summed E-state index contributed by atoms with van der Waals surface area (Å²) in [5.41, 5.74) is 6.11. The highest BCUT2D eigenvalue weighted by Gasteiger charge is 2.13. The van der Waals surface area contributed by atoms with Gasteiger partial charge in [-0.05, 0) is 24.6 Å². The Labute approximate surface area is 109 Å². The van der Waals surface area contributed by atoms with E-state index >= 15 is 0 Å². The van der Waals surface area contributed by atoms with E-state index in [2.05, 4.69) is 10.3 Å². The summed E-state index contributed by atoms with van der Waals surface area (Å²) in [7, 11) is 0. The van der Waals surface area contributed by atoms with Crippen molar-refractivity contribution in [1.82, 2.24) is 10.3 Å². The van der Waals surface area contributed by atoms with Crippen molar-refractivity contribution in [1.29, 1.82) is 0 Å². The second-order valence-electron chi connectivity index (χ2n) is 4.08. The number of nitrogen functional groups attached to an aromatic ring is 1. The van der Waals surface area contributed by atoms with E-state index in [9.17, 15) is 9.18 Å². The molecule has 19 heavy (non-hydrogen) atoms. The molecule has 0 unspecified atom stereocenters. The quantitative estimate of drug-likeness (QED) is 0.568. The van der Waals surface area contributed by atoms with Gasteiger partial charge in [0.05, 0.1) is 0 Å². The highest BCUT2D eigenvalue weighted by atomic mass is 19.1. The standard InChI is InChI=1S/C13H14FN3O2/c14-8-6-10-9(11(15)7-8)2-4-16-12(10)13(19)17-3-1-5-18/h2,4,6-7,18H,1,3,5,15H2,(H,17,19). The molecule has 1 aromatic carbocycles. The fourth-order valence-corrected chi connectivity index (χ4v) is 1.82. The van der Waals surface area contributed by atoms with E-state index < -0.39 is 11.7 Å². The van der Waals surface area contributed by atoms with Crippen LogP contribution in [0.15, 0.2) is 24.4 Å². The molecule has 4 N–H and O–H groups in total. The molecular formula is C13H14FN3O2. The first-order chi connectivity index (χ1) is 9.13. The van der Waals surface area contributed by atoms with Crippen molar-refractivity contribution in [2.75, 3.05) is 18.9 Å². The van der Waals surface area contributed by atoms with E-state index in [4.69, 9.17) is 10.8 Å². The molecule has 0 spiro atoms. The lowest BCUT2D eigenvalue weighted by Crippen LogP contribution is -2.26. The summed E-state index contributed by atoms with van der Waals surface area (Å²) in [6, 6.07) is 4.07. The minimum atomic E-state index is -0.512. The maximum atomic E-state index is 13.4. The summed E-state index contributed by atoms with van der Waals surface area (Å²) in [4.78, 5) is 15.9. The average molecular weight is 263 g/mol. The van der Waals surface area contributed by atoms with Gasteiger partial charge in [-0.3, -0.25) is 9.78 Å². The van der Waals surface area contributed by atoms with Crippen LogP contribution in [0.4, 0.5) is 10.1 Å². The normalized spacial score (nSPS) is 10.6. The Morgan fingerprint density at radius 2 is 2.21 bits per heavy atom. The molecule has 1 amide bonds. The first-order valence-corrected chi connectivity index (χ1v) is 5.86. The number of carbonyl (C=O) groups excluding carboxylic acids is 1. The largest absolute Gasteiger partial charge is 0.398 e. The van der Waals surface area contributed by atoms with E-state index in [1.165, 1.54) is 18.3 Å². The second kappa shape index (κ2) is 5.62. The molecule has 100 valence electrons. The SMILES string of the molecule is Nc1cc(F)cc2c(C(=O)NCCCO)nccc12. The van der Waals surface area contributed by atoms with E-state index in [1.54, 1.807) is 6.07 Å². The van der Waals surface area contributed by atoms with Crippen LogP contribution in [0.3, 0.4) is 0 Å². The van der Waals surface area contributed by atoms with Gasteiger partial charge in [0.25, 0.3) is 5.91 Å². The summed E-state index contributed by atoms with van der Waals surface area (Å²) in [6.07, 6.45) is 1.91. The van der Waals surface area contributed by atoms with E-state index in [1.807, 2.05) is 0 Å². The van der Waals surface area contributed by atoms with Gasteiger partial charge >= 0.3 is 0 Å². The molecule has 0 aliphatic heterocycles. The minimum Gasteiger partial charge on any atom is -0.398 e. The monoisotopic (exact) mass is 263 g/mol. The zero-order valence-corrected chi connectivity index (χ0v) is 10.2. The summed E-state index contributed by atoms with van der Waals surface area (Å²) in [6.45, 7) is 0.322. The van der Waals surface area contributed by atoms with Gasteiger partial charge in [0.1, 0.15) is 11.5 Å². The van der Waals surface area contributed by atoms with Gasteiger partial charge in [-0.25, -0.2) is 4.39 Å². The smallest absolute Gasteiger partial charge is 0.270 e. The fraction of sp³-hybridized carbons (Fsp3) is 0.231. The Morgan fingerprint density at radius 1 is 1.42 bits per heavy atom. The van der Waals surface area contributed by atoms with Crippen LogP contribution in [0.1, 0.15) is 16.9 Å². The molecule has 0 radical (unpaired) electrons. The van der Waals surface area contributed by atoms with Crippen LogP contribution in [-0.4, -0.2) is 29.1 Å². The molecule has 0 aliphatic rings. The number of hydrogen-bond acceptors (Lipinski definition) is 4. The number of nitrogens with two attached hydrogens (primary N) is 1. The highest BCUT2D eigenvalue weighted by Crippen LogP contribution is 2.24. The number of aliphatic hydroxyl groups is 1. The lowest BCUT2D eigenvalue weighted by Gasteiger charge is -2.08. The topological polar surface area (TPSA) is 88.2 Å². The lowest BCUT2D eigenvalue weighted by molar-refractivity contribution is 0.0948. The van der Waals surface area contributed by atoms with Gasteiger partial charge in [0, 0.05) is 35.8 Å². The summed E-state index contributed by atoms with van der Waals surface area (Å²) in [5, 5.41) is 12.2. The number of aliphatic hydroxyl groups excluding tert-OH is 1. The Bertz CT molecular complexity index is 616. The maximum Gasteiger partial charge on any atom is 0.270 e.